The van der Waals surface area contributed by atoms with E-state index in [4.69, 9.17) is 14.2 Å². The van der Waals surface area contributed by atoms with Crippen LogP contribution in [0.25, 0.3) is 0 Å². The van der Waals surface area contributed by atoms with Crippen LogP contribution >= 0.6 is 11.9 Å². The fraction of sp³-hybridized carbons (Fsp3) is 0.409. The number of carbonyl (C=O) groups is 1. The molecule has 7 heteroatoms. The fourth-order valence-corrected chi connectivity index (χ4v) is 4.83. The highest BCUT2D eigenvalue weighted by molar-refractivity contribution is 7.97. The Kier molecular flexibility index (Phi) is 5.99. The summed E-state index contributed by atoms with van der Waals surface area (Å²) < 4.78 is 18.9. The molecule has 2 saturated heterocycles. The normalized spacial score (nSPS) is 18.8. The van der Waals surface area contributed by atoms with Gasteiger partial charge in [-0.25, -0.2) is 4.31 Å². The molecule has 2 aromatic carbocycles. The van der Waals surface area contributed by atoms with Crippen LogP contribution < -0.4 is 9.47 Å². The molecule has 29 heavy (non-hydrogen) atoms. The Balaban J connectivity index is 1.39. The van der Waals surface area contributed by atoms with E-state index in [-0.39, 0.29) is 5.91 Å². The van der Waals surface area contributed by atoms with Gasteiger partial charge in [0.2, 0.25) is 0 Å². The van der Waals surface area contributed by atoms with Crippen LogP contribution in [0.1, 0.15) is 23.2 Å². The number of amides is 1. The maximum absolute atomic E-state index is 13.1. The second-order valence-corrected chi connectivity index (χ2v) is 8.35. The molecule has 2 aliphatic heterocycles. The van der Waals surface area contributed by atoms with Gasteiger partial charge in [-0.15, -0.1) is 0 Å². The monoisotopic (exact) mass is 414 g/mol. The molecular formula is C22H26N2O4S. The SMILES string of the molecule is COc1ccc(SN2CCC3(CC2)OCCN3C(=O)c2ccc(OC)cc2)cc1. The zero-order valence-electron chi connectivity index (χ0n) is 16.8. The van der Waals surface area contributed by atoms with Crippen molar-refractivity contribution in [1.82, 2.24) is 9.21 Å². The minimum Gasteiger partial charge on any atom is -0.497 e. The van der Waals surface area contributed by atoms with Gasteiger partial charge in [0, 0.05) is 42.9 Å². The molecule has 0 N–H and O–H groups in total. The number of nitrogens with zero attached hydrogens (tertiary/aromatic N) is 2. The van der Waals surface area contributed by atoms with Gasteiger partial charge in [0.05, 0.1) is 20.8 Å². The summed E-state index contributed by atoms with van der Waals surface area (Å²) in [5, 5.41) is 0. The highest BCUT2D eigenvalue weighted by Gasteiger charge is 2.47. The standard InChI is InChI=1S/C22H26N2O4S/c1-26-18-5-3-17(4-6-18)21(25)24-15-16-28-22(24)11-13-23(14-12-22)29-20-9-7-19(27-2)8-10-20/h3-10H,11-16H2,1-2H3. The lowest BCUT2D eigenvalue weighted by atomic mass is 9.99. The number of methoxy groups -OCH3 is 2. The summed E-state index contributed by atoms with van der Waals surface area (Å²) in [4.78, 5) is 16.2. The Hall–Kier alpha value is -2.22. The molecule has 154 valence electrons. The minimum absolute atomic E-state index is 0.0291. The van der Waals surface area contributed by atoms with Crippen molar-refractivity contribution >= 4 is 17.9 Å². The molecule has 0 aliphatic carbocycles. The number of hydrogen-bond acceptors (Lipinski definition) is 6. The second-order valence-electron chi connectivity index (χ2n) is 7.18. The fourth-order valence-electron chi connectivity index (χ4n) is 3.91. The first kappa shape index (κ1) is 20.1. The molecule has 4 rings (SSSR count). The minimum atomic E-state index is -0.492. The highest BCUT2D eigenvalue weighted by Crippen LogP contribution is 2.38. The van der Waals surface area contributed by atoms with Crippen molar-refractivity contribution in [2.24, 2.45) is 0 Å². The van der Waals surface area contributed by atoms with Gasteiger partial charge in [-0.2, -0.15) is 0 Å². The Morgan fingerprint density at radius 1 is 0.931 bits per heavy atom. The van der Waals surface area contributed by atoms with Crippen LogP contribution in [-0.4, -0.2) is 61.3 Å². The Morgan fingerprint density at radius 2 is 1.52 bits per heavy atom. The van der Waals surface area contributed by atoms with Crippen LogP contribution in [0.5, 0.6) is 11.5 Å². The third-order valence-electron chi connectivity index (χ3n) is 5.56. The molecule has 2 aliphatic rings. The van der Waals surface area contributed by atoms with Crippen LogP contribution in [0.3, 0.4) is 0 Å². The zero-order valence-corrected chi connectivity index (χ0v) is 17.6. The molecule has 0 aromatic heterocycles. The van der Waals surface area contributed by atoms with Crippen LogP contribution in [0.15, 0.2) is 53.4 Å². The average Bonchev–Trinajstić information content (AvgIpc) is 3.18. The third-order valence-corrected chi connectivity index (χ3v) is 6.66. The lowest BCUT2D eigenvalue weighted by molar-refractivity contribution is -0.0954. The maximum Gasteiger partial charge on any atom is 0.256 e. The van der Waals surface area contributed by atoms with Gasteiger partial charge in [0.1, 0.15) is 17.2 Å². The van der Waals surface area contributed by atoms with Crippen molar-refractivity contribution in [2.45, 2.75) is 23.5 Å². The van der Waals surface area contributed by atoms with Crippen LogP contribution in [0.2, 0.25) is 0 Å². The highest BCUT2D eigenvalue weighted by atomic mass is 32.2. The molecule has 1 spiro atoms. The molecule has 0 unspecified atom stereocenters. The molecular weight excluding hydrogens is 388 g/mol. The van der Waals surface area contributed by atoms with E-state index in [0.717, 1.165) is 37.4 Å². The summed E-state index contributed by atoms with van der Waals surface area (Å²) >= 11 is 1.74. The molecule has 1 amide bonds. The van der Waals surface area contributed by atoms with E-state index >= 15 is 0 Å². The van der Waals surface area contributed by atoms with Crippen molar-refractivity contribution in [1.29, 1.82) is 0 Å². The number of rotatable bonds is 5. The number of benzene rings is 2. The van der Waals surface area contributed by atoms with Gasteiger partial charge in [-0.3, -0.25) is 4.79 Å². The molecule has 0 saturated carbocycles. The number of carbonyl (C=O) groups excluding carboxylic acids is 1. The van der Waals surface area contributed by atoms with Gasteiger partial charge in [0.15, 0.2) is 0 Å². The predicted molar refractivity (Wildman–Crippen MR) is 112 cm³/mol. The number of ether oxygens (including phenoxy) is 3. The largest absolute Gasteiger partial charge is 0.497 e. The van der Waals surface area contributed by atoms with E-state index in [9.17, 15) is 4.79 Å². The molecule has 2 heterocycles. The Labute approximate surface area is 175 Å². The van der Waals surface area contributed by atoms with Gasteiger partial charge < -0.3 is 19.1 Å². The summed E-state index contributed by atoms with van der Waals surface area (Å²) in [6.07, 6.45) is 1.61. The summed E-state index contributed by atoms with van der Waals surface area (Å²) in [6.45, 7) is 2.95. The zero-order chi connectivity index (χ0) is 20.3. The predicted octanol–water partition coefficient (Wildman–Crippen LogP) is 3.68. The quantitative estimate of drug-likeness (QED) is 0.696. The van der Waals surface area contributed by atoms with Crippen molar-refractivity contribution in [3.05, 3.63) is 54.1 Å². The van der Waals surface area contributed by atoms with Gasteiger partial charge in [-0.05, 0) is 60.5 Å². The average molecular weight is 415 g/mol. The Morgan fingerprint density at radius 3 is 2.10 bits per heavy atom. The summed E-state index contributed by atoms with van der Waals surface area (Å²) in [7, 11) is 3.30. The van der Waals surface area contributed by atoms with E-state index in [1.54, 1.807) is 26.2 Å². The maximum atomic E-state index is 13.1. The lowest BCUT2D eigenvalue weighted by Crippen LogP contribution is -2.53. The number of piperidine rings is 1. The second kappa shape index (κ2) is 8.65. The van der Waals surface area contributed by atoms with Gasteiger partial charge in [-0.1, -0.05) is 0 Å². The van der Waals surface area contributed by atoms with Crippen LogP contribution in [0, 0.1) is 0 Å². The molecule has 0 atom stereocenters. The molecule has 2 fully saturated rings. The van der Waals surface area contributed by atoms with Crippen molar-refractivity contribution in [3.63, 3.8) is 0 Å². The summed E-state index contributed by atoms with van der Waals surface area (Å²) in [6, 6.07) is 15.4. The smallest absolute Gasteiger partial charge is 0.256 e. The summed E-state index contributed by atoms with van der Waals surface area (Å²) in [5.41, 5.74) is 0.180. The van der Waals surface area contributed by atoms with Crippen LogP contribution in [0.4, 0.5) is 0 Å². The van der Waals surface area contributed by atoms with Crippen molar-refractivity contribution < 1.29 is 19.0 Å². The Bertz CT molecular complexity index is 833. The van der Waals surface area contributed by atoms with Crippen molar-refractivity contribution in [3.8, 4) is 11.5 Å². The number of hydrogen-bond donors (Lipinski definition) is 0. The van der Waals surface area contributed by atoms with Crippen LogP contribution in [-0.2, 0) is 4.74 Å². The third kappa shape index (κ3) is 4.22. The molecule has 2 aromatic rings. The molecule has 0 bridgehead atoms. The van der Waals surface area contributed by atoms with E-state index in [1.165, 1.54) is 4.90 Å². The van der Waals surface area contributed by atoms with E-state index in [2.05, 4.69) is 16.4 Å². The molecule has 0 radical (unpaired) electrons. The van der Waals surface area contributed by atoms with E-state index in [1.807, 2.05) is 41.3 Å². The van der Waals surface area contributed by atoms with E-state index in [0.29, 0.717) is 18.7 Å². The first-order valence-electron chi connectivity index (χ1n) is 9.80. The first-order chi connectivity index (χ1) is 14.1. The van der Waals surface area contributed by atoms with E-state index < -0.39 is 5.72 Å². The molecule has 6 nitrogen and oxygen atoms in total. The lowest BCUT2D eigenvalue weighted by Gasteiger charge is -2.43. The summed E-state index contributed by atoms with van der Waals surface area (Å²) in [5.74, 6) is 1.64. The topological polar surface area (TPSA) is 51.2 Å². The van der Waals surface area contributed by atoms with Gasteiger partial charge >= 0.3 is 0 Å². The first-order valence-corrected chi connectivity index (χ1v) is 10.6. The van der Waals surface area contributed by atoms with Crippen molar-refractivity contribution in [2.75, 3.05) is 40.5 Å². The van der Waals surface area contributed by atoms with Gasteiger partial charge in [0.25, 0.3) is 5.91 Å².